The Labute approximate surface area is 305 Å². The Kier molecular flexibility index (Phi) is 12.1. The van der Waals surface area contributed by atoms with E-state index < -0.39 is 0 Å². The maximum absolute atomic E-state index is 13.1. The third-order valence-corrected chi connectivity index (χ3v) is 8.77. The summed E-state index contributed by atoms with van der Waals surface area (Å²) in [6.07, 6.45) is 9.27. The summed E-state index contributed by atoms with van der Waals surface area (Å²) in [7, 11) is 0. The molecule has 0 bridgehead atoms. The summed E-state index contributed by atoms with van der Waals surface area (Å²) in [5.41, 5.74) is 6.82. The first-order valence-corrected chi connectivity index (χ1v) is 17.4. The molecule has 0 atom stereocenters. The number of aromatic nitrogens is 1. The molecule has 0 aliphatic carbocycles. The molecule has 262 valence electrons. The highest BCUT2D eigenvalue weighted by molar-refractivity contribution is 5.92. The zero-order chi connectivity index (χ0) is 36.1. The number of para-hydroxylation sites is 1. The number of pyridine rings is 1. The van der Waals surface area contributed by atoms with Crippen molar-refractivity contribution in [2.24, 2.45) is 0 Å². The van der Waals surface area contributed by atoms with Crippen molar-refractivity contribution in [2.75, 3.05) is 32.8 Å². The normalized spacial score (nSPS) is 13.3. The first kappa shape index (κ1) is 35.6. The van der Waals surface area contributed by atoms with Gasteiger partial charge in [-0.3, -0.25) is 9.69 Å². The van der Waals surface area contributed by atoms with Gasteiger partial charge in [0.15, 0.2) is 0 Å². The van der Waals surface area contributed by atoms with Crippen molar-refractivity contribution in [3.05, 3.63) is 160 Å². The zero-order valence-electron chi connectivity index (χ0n) is 29.6. The number of carbonyl (C=O) groups excluding carboxylic acids is 1. The third-order valence-electron chi connectivity index (χ3n) is 8.77. The van der Waals surface area contributed by atoms with Crippen LogP contribution in [0.5, 0.6) is 23.1 Å². The van der Waals surface area contributed by atoms with Gasteiger partial charge in [0.1, 0.15) is 30.5 Å². The lowest BCUT2D eigenvalue weighted by atomic mass is 10.1. The number of nitriles is 1. The largest absolute Gasteiger partial charge is 0.490 e. The molecule has 5 aromatic rings. The highest BCUT2D eigenvalue weighted by atomic mass is 16.5. The quantitative estimate of drug-likeness (QED) is 0.115. The van der Waals surface area contributed by atoms with E-state index in [1.807, 2.05) is 91.6 Å². The number of rotatable bonds is 13. The summed E-state index contributed by atoms with van der Waals surface area (Å²) in [6.45, 7) is 8.80. The molecule has 0 radical (unpaired) electrons. The molecule has 0 saturated carbocycles. The number of benzene rings is 4. The van der Waals surface area contributed by atoms with Crippen molar-refractivity contribution in [1.29, 1.82) is 5.26 Å². The van der Waals surface area contributed by atoms with E-state index in [0.717, 1.165) is 59.0 Å². The summed E-state index contributed by atoms with van der Waals surface area (Å²) >= 11 is 0. The van der Waals surface area contributed by atoms with Crippen molar-refractivity contribution in [1.82, 2.24) is 14.8 Å². The molecule has 0 unspecified atom stereocenters. The van der Waals surface area contributed by atoms with E-state index in [1.165, 1.54) is 5.56 Å². The minimum atomic E-state index is 0.0216. The molecule has 0 N–H and O–H groups in total. The van der Waals surface area contributed by atoms with Crippen LogP contribution in [0.4, 0.5) is 0 Å². The molecule has 1 aliphatic rings. The van der Waals surface area contributed by atoms with Gasteiger partial charge in [-0.15, -0.1) is 0 Å². The number of hydrogen-bond donors (Lipinski definition) is 0. The minimum Gasteiger partial charge on any atom is -0.490 e. The van der Waals surface area contributed by atoms with Crippen LogP contribution < -0.4 is 14.2 Å². The van der Waals surface area contributed by atoms with Crippen LogP contribution in [0.25, 0.3) is 12.2 Å². The monoisotopic (exact) mass is 690 g/mol. The number of ether oxygens (including phenoxy) is 3. The molecule has 8 nitrogen and oxygen atoms in total. The lowest BCUT2D eigenvalue weighted by molar-refractivity contribution is -0.127. The summed E-state index contributed by atoms with van der Waals surface area (Å²) in [4.78, 5) is 21.8. The molecule has 1 saturated heterocycles. The third kappa shape index (κ3) is 10.2. The molecule has 1 amide bonds. The molecule has 6 rings (SSSR count). The molecule has 8 heteroatoms. The Morgan fingerprint density at radius 3 is 2.17 bits per heavy atom. The number of nitrogens with zero attached hydrogens (tertiary/aromatic N) is 4. The zero-order valence-corrected chi connectivity index (χ0v) is 29.6. The van der Waals surface area contributed by atoms with E-state index in [9.17, 15) is 4.79 Å². The Balaban J connectivity index is 0.934. The van der Waals surface area contributed by atoms with Crippen molar-refractivity contribution in [2.45, 2.75) is 27.0 Å². The second-order valence-corrected chi connectivity index (χ2v) is 12.7. The van der Waals surface area contributed by atoms with E-state index in [4.69, 9.17) is 19.5 Å². The lowest BCUT2D eigenvalue weighted by Gasteiger charge is -2.34. The molecule has 1 fully saturated rings. The van der Waals surface area contributed by atoms with Crippen LogP contribution in [0.2, 0.25) is 0 Å². The Hall–Kier alpha value is -6.17. The fourth-order valence-corrected chi connectivity index (χ4v) is 5.94. The standard InChI is InChI=1S/C44H42N4O4/c1-33-27-39(28-34(2)44(33)52-42-20-19-41(30-46-42)51-32-38-16-12-36(29-45)13-17-38)18-21-43(49)48-24-22-47(23-25-48)31-37-14-10-35(11-15-37)7-6-26-50-40-8-4-3-5-9-40/h3-21,27-28,30H,22-26,31-32H2,1-2H3/b7-6+,21-18+. The Morgan fingerprint density at radius 1 is 0.788 bits per heavy atom. The molecule has 1 aliphatic heterocycles. The fraction of sp³-hybridized carbons (Fsp3) is 0.205. The van der Waals surface area contributed by atoms with Gasteiger partial charge >= 0.3 is 0 Å². The Morgan fingerprint density at radius 2 is 1.50 bits per heavy atom. The van der Waals surface area contributed by atoms with Crippen LogP contribution >= 0.6 is 0 Å². The predicted molar refractivity (Wildman–Crippen MR) is 204 cm³/mol. The van der Waals surface area contributed by atoms with Crippen LogP contribution in [-0.2, 0) is 17.9 Å². The van der Waals surface area contributed by atoms with Crippen LogP contribution in [0, 0.1) is 25.2 Å². The van der Waals surface area contributed by atoms with Gasteiger partial charge in [0.05, 0.1) is 17.8 Å². The molecular formula is C44H42N4O4. The summed E-state index contributed by atoms with van der Waals surface area (Å²) in [5, 5.41) is 8.96. The van der Waals surface area contributed by atoms with Gasteiger partial charge < -0.3 is 19.1 Å². The van der Waals surface area contributed by atoms with E-state index in [2.05, 4.69) is 46.3 Å². The summed E-state index contributed by atoms with van der Waals surface area (Å²) in [5.74, 6) is 2.71. The van der Waals surface area contributed by atoms with Gasteiger partial charge in [0.25, 0.3) is 0 Å². The lowest BCUT2D eigenvalue weighted by Crippen LogP contribution is -2.47. The van der Waals surface area contributed by atoms with E-state index in [0.29, 0.717) is 43.5 Å². The average molecular weight is 691 g/mol. The maximum Gasteiger partial charge on any atom is 0.246 e. The van der Waals surface area contributed by atoms with Crippen LogP contribution in [-0.4, -0.2) is 53.5 Å². The molecule has 1 aromatic heterocycles. The highest BCUT2D eigenvalue weighted by Crippen LogP contribution is 2.30. The van der Waals surface area contributed by atoms with Gasteiger partial charge in [0, 0.05) is 44.9 Å². The maximum atomic E-state index is 13.1. The average Bonchev–Trinajstić information content (AvgIpc) is 3.18. The SMILES string of the molecule is Cc1cc(/C=C/C(=O)N2CCN(Cc3ccc(/C=C/COc4ccccc4)cc3)CC2)cc(C)c1Oc1ccc(OCc2ccc(C#N)cc2)cn1. The van der Waals surface area contributed by atoms with Gasteiger partial charge in [-0.25, -0.2) is 4.98 Å². The van der Waals surface area contributed by atoms with Crippen molar-refractivity contribution >= 4 is 18.1 Å². The van der Waals surface area contributed by atoms with E-state index >= 15 is 0 Å². The smallest absolute Gasteiger partial charge is 0.246 e. The first-order chi connectivity index (χ1) is 25.4. The number of piperazine rings is 1. The number of carbonyl (C=O) groups is 1. The molecular weight excluding hydrogens is 649 g/mol. The predicted octanol–water partition coefficient (Wildman–Crippen LogP) is 8.39. The molecule has 2 heterocycles. The van der Waals surface area contributed by atoms with Crippen LogP contribution in [0.15, 0.2) is 121 Å². The van der Waals surface area contributed by atoms with E-state index in [1.54, 1.807) is 30.5 Å². The number of hydrogen-bond acceptors (Lipinski definition) is 7. The minimum absolute atomic E-state index is 0.0216. The van der Waals surface area contributed by atoms with Crippen molar-refractivity contribution < 1.29 is 19.0 Å². The van der Waals surface area contributed by atoms with Gasteiger partial charge in [-0.1, -0.05) is 60.7 Å². The molecule has 4 aromatic carbocycles. The highest BCUT2D eigenvalue weighted by Gasteiger charge is 2.20. The second kappa shape index (κ2) is 17.7. The fourth-order valence-electron chi connectivity index (χ4n) is 5.94. The van der Waals surface area contributed by atoms with Crippen molar-refractivity contribution in [3.8, 4) is 29.2 Å². The van der Waals surface area contributed by atoms with Gasteiger partial charge in [0.2, 0.25) is 11.8 Å². The summed E-state index contributed by atoms with van der Waals surface area (Å²) in [6, 6.07) is 35.4. The molecule has 52 heavy (non-hydrogen) atoms. The topological polar surface area (TPSA) is 87.9 Å². The van der Waals surface area contributed by atoms with Crippen LogP contribution in [0.3, 0.4) is 0 Å². The Bertz CT molecular complexity index is 2000. The second-order valence-electron chi connectivity index (χ2n) is 12.7. The van der Waals surface area contributed by atoms with Gasteiger partial charge in [-0.05, 0) is 102 Å². The van der Waals surface area contributed by atoms with E-state index in [-0.39, 0.29) is 5.91 Å². The number of amides is 1. The van der Waals surface area contributed by atoms with Gasteiger partial charge in [-0.2, -0.15) is 5.26 Å². The first-order valence-electron chi connectivity index (χ1n) is 17.4. The van der Waals surface area contributed by atoms with Crippen LogP contribution in [0.1, 0.15) is 38.9 Å². The summed E-state index contributed by atoms with van der Waals surface area (Å²) < 4.78 is 17.7. The molecule has 0 spiro atoms. The van der Waals surface area contributed by atoms with Crippen molar-refractivity contribution in [3.63, 3.8) is 0 Å². The number of aryl methyl sites for hydroxylation is 2.